The Balaban J connectivity index is 1.86. The average Bonchev–Trinajstić information content (AvgIpc) is 3.06. The van der Waals surface area contributed by atoms with Gasteiger partial charge in [-0.25, -0.2) is 4.79 Å². The van der Waals surface area contributed by atoms with E-state index in [1.807, 2.05) is 24.4 Å². The van der Waals surface area contributed by atoms with E-state index in [1.54, 1.807) is 30.5 Å². The summed E-state index contributed by atoms with van der Waals surface area (Å²) in [7, 11) is 0. The molecule has 6 nitrogen and oxygen atoms in total. The highest BCUT2D eigenvalue weighted by Crippen LogP contribution is 2.24. The first-order valence-corrected chi connectivity index (χ1v) is 8.98. The maximum atomic E-state index is 12.6. The molecule has 27 heavy (non-hydrogen) atoms. The molecule has 0 aliphatic rings. The van der Waals surface area contributed by atoms with Crippen LogP contribution in [-0.2, 0) is 0 Å². The first-order valence-electron chi connectivity index (χ1n) is 8.98. The fourth-order valence-corrected chi connectivity index (χ4v) is 3.27. The third kappa shape index (κ3) is 2.89. The van der Waals surface area contributed by atoms with Crippen LogP contribution in [0.15, 0.2) is 69.4 Å². The highest BCUT2D eigenvalue weighted by molar-refractivity contribution is 5.99. The van der Waals surface area contributed by atoms with E-state index < -0.39 is 11.2 Å². The van der Waals surface area contributed by atoms with E-state index >= 15 is 0 Å². The van der Waals surface area contributed by atoms with E-state index in [-0.39, 0.29) is 0 Å². The van der Waals surface area contributed by atoms with Crippen LogP contribution in [0.1, 0.15) is 31.9 Å². The van der Waals surface area contributed by atoms with Crippen molar-refractivity contribution in [1.29, 1.82) is 0 Å². The van der Waals surface area contributed by atoms with Gasteiger partial charge in [-0.2, -0.15) is 5.10 Å². The molecule has 0 bridgehead atoms. The summed E-state index contributed by atoms with van der Waals surface area (Å²) in [6.07, 6.45) is 4.59. The van der Waals surface area contributed by atoms with Crippen molar-refractivity contribution in [2.24, 2.45) is 5.10 Å². The molecule has 6 heteroatoms. The minimum Gasteiger partial charge on any atom is -0.344 e. The Morgan fingerprint density at radius 3 is 2.56 bits per heavy atom. The fraction of sp³-hybridized carbons (Fsp3) is 0.190. The van der Waals surface area contributed by atoms with Crippen LogP contribution in [0, 0.1) is 0 Å². The fourth-order valence-electron chi connectivity index (χ4n) is 3.27. The minimum absolute atomic E-state index is 0.337. The normalized spacial score (nSPS) is 13.0. The highest BCUT2D eigenvalue weighted by Gasteiger charge is 2.11. The van der Waals surface area contributed by atoms with Crippen LogP contribution >= 0.6 is 0 Å². The maximum Gasteiger partial charge on any atom is 0.349 e. The van der Waals surface area contributed by atoms with Gasteiger partial charge in [-0.3, -0.25) is 4.79 Å². The van der Waals surface area contributed by atoms with Crippen LogP contribution in [0.4, 0.5) is 0 Å². The molecule has 0 fully saturated rings. The summed E-state index contributed by atoms with van der Waals surface area (Å²) in [5, 5.41) is 5.66. The maximum absolute atomic E-state index is 12.6. The van der Waals surface area contributed by atoms with Gasteiger partial charge in [0, 0.05) is 28.7 Å². The number of H-pyrrole nitrogens is 1. The first kappa shape index (κ1) is 17.0. The number of aromatic amines is 1. The average molecular weight is 360 g/mol. The SMILES string of the molecule is CCC(C)n1cc(C=Nn2c(=O)[nH]c3ccccc3c2=O)c2ccccc21. The van der Waals surface area contributed by atoms with Crippen molar-refractivity contribution in [3.63, 3.8) is 0 Å². The molecule has 0 saturated heterocycles. The van der Waals surface area contributed by atoms with E-state index in [4.69, 9.17) is 0 Å². The van der Waals surface area contributed by atoms with E-state index in [2.05, 4.69) is 34.6 Å². The number of para-hydroxylation sites is 2. The lowest BCUT2D eigenvalue weighted by Gasteiger charge is -2.12. The second kappa shape index (κ2) is 6.72. The summed E-state index contributed by atoms with van der Waals surface area (Å²) < 4.78 is 3.07. The molecule has 1 N–H and O–H groups in total. The summed E-state index contributed by atoms with van der Waals surface area (Å²) in [6.45, 7) is 4.30. The van der Waals surface area contributed by atoms with Crippen molar-refractivity contribution in [2.75, 3.05) is 0 Å². The Bertz CT molecular complexity index is 1280. The molecular formula is C21H20N4O2. The van der Waals surface area contributed by atoms with Crippen LogP contribution in [0.2, 0.25) is 0 Å². The van der Waals surface area contributed by atoms with Gasteiger partial charge in [-0.15, -0.1) is 4.68 Å². The van der Waals surface area contributed by atoms with Crippen molar-refractivity contribution in [3.05, 3.63) is 81.1 Å². The quantitative estimate of drug-likeness (QED) is 0.566. The molecule has 2 heterocycles. The summed E-state index contributed by atoms with van der Waals surface area (Å²) in [5.41, 5.74) is 1.49. The number of aromatic nitrogens is 3. The number of fused-ring (bicyclic) bond motifs is 2. The molecular weight excluding hydrogens is 340 g/mol. The minimum atomic E-state index is -0.555. The zero-order chi connectivity index (χ0) is 19.0. The molecule has 136 valence electrons. The number of nitrogens with zero attached hydrogens (tertiary/aromatic N) is 3. The van der Waals surface area contributed by atoms with Crippen molar-refractivity contribution in [2.45, 2.75) is 26.3 Å². The third-order valence-electron chi connectivity index (χ3n) is 4.93. The summed E-state index contributed by atoms with van der Waals surface area (Å²) in [5.74, 6) is 0. The van der Waals surface area contributed by atoms with E-state index in [1.165, 1.54) is 0 Å². The largest absolute Gasteiger partial charge is 0.349 e. The molecule has 0 aliphatic carbocycles. The van der Waals surface area contributed by atoms with Gasteiger partial charge in [-0.1, -0.05) is 37.3 Å². The van der Waals surface area contributed by atoms with Crippen LogP contribution < -0.4 is 11.2 Å². The molecule has 2 aromatic carbocycles. The summed E-state index contributed by atoms with van der Waals surface area (Å²) in [4.78, 5) is 27.6. The molecule has 0 radical (unpaired) electrons. The number of benzene rings is 2. The van der Waals surface area contributed by atoms with E-state index in [9.17, 15) is 9.59 Å². The third-order valence-corrected chi connectivity index (χ3v) is 4.93. The van der Waals surface area contributed by atoms with Gasteiger partial charge in [-0.05, 0) is 31.5 Å². The van der Waals surface area contributed by atoms with E-state index in [0.29, 0.717) is 16.9 Å². The Kier molecular flexibility index (Phi) is 4.24. The van der Waals surface area contributed by atoms with Gasteiger partial charge >= 0.3 is 5.69 Å². The molecule has 4 aromatic rings. The van der Waals surface area contributed by atoms with Crippen molar-refractivity contribution < 1.29 is 0 Å². The number of hydrogen-bond donors (Lipinski definition) is 1. The molecule has 2 aromatic heterocycles. The molecule has 0 saturated carbocycles. The molecule has 1 atom stereocenters. The van der Waals surface area contributed by atoms with Gasteiger partial charge in [0.25, 0.3) is 5.56 Å². The lowest BCUT2D eigenvalue weighted by Crippen LogP contribution is -2.32. The Hall–Kier alpha value is -3.41. The zero-order valence-corrected chi connectivity index (χ0v) is 15.2. The van der Waals surface area contributed by atoms with Crippen LogP contribution in [0.5, 0.6) is 0 Å². The van der Waals surface area contributed by atoms with Crippen LogP contribution in [0.25, 0.3) is 21.8 Å². The van der Waals surface area contributed by atoms with Gasteiger partial charge in [0.05, 0.1) is 17.1 Å². The van der Waals surface area contributed by atoms with Crippen LogP contribution in [0.3, 0.4) is 0 Å². The van der Waals surface area contributed by atoms with Crippen LogP contribution in [-0.4, -0.2) is 20.4 Å². The van der Waals surface area contributed by atoms with Gasteiger partial charge in [0.1, 0.15) is 0 Å². The smallest absolute Gasteiger partial charge is 0.344 e. The monoisotopic (exact) mass is 360 g/mol. The van der Waals surface area contributed by atoms with Crippen molar-refractivity contribution >= 4 is 28.0 Å². The lowest BCUT2D eigenvalue weighted by atomic mass is 10.2. The number of hydrogen-bond acceptors (Lipinski definition) is 3. The first-order chi connectivity index (χ1) is 13.1. The lowest BCUT2D eigenvalue weighted by molar-refractivity contribution is 0.548. The molecule has 1 unspecified atom stereocenters. The Morgan fingerprint density at radius 2 is 1.78 bits per heavy atom. The second-order valence-corrected chi connectivity index (χ2v) is 6.60. The van der Waals surface area contributed by atoms with E-state index in [0.717, 1.165) is 27.6 Å². The second-order valence-electron chi connectivity index (χ2n) is 6.60. The standard InChI is InChI=1S/C21H20N4O2/c1-3-14(2)24-13-15(16-8-5-7-11-19(16)24)12-22-25-20(26)17-9-4-6-10-18(17)23-21(25)27/h4-14H,3H2,1-2H3,(H,23,27). The van der Waals surface area contributed by atoms with Gasteiger partial charge in [0.15, 0.2) is 0 Å². The molecule has 0 amide bonds. The number of nitrogens with one attached hydrogen (secondary N) is 1. The summed E-state index contributed by atoms with van der Waals surface area (Å²) >= 11 is 0. The van der Waals surface area contributed by atoms with Gasteiger partial charge in [0.2, 0.25) is 0 Å². The molecule has 0 spiro atoms. The van der Waals surface area contributed by atoms with Crippen molar-refractivity contribution in [1.82, 2.24) is 14.2 Å². The molecule has 4 rings (SSSR count). The Morgan fingerprint density at radius 1 is 1.07 bits per heavy atom. The van der Waals surface area contributed by atoms with Crippen molar-refractivity contribution in [3.8, 4) is 0 Å². The summed E-state index contributed by atoms with van der Waals surface area (Å²) in [6, 6.07) is 15.3. The zero-order valence-electron chi connectivity index (χ0n) is 15.2. The predicted molar refractivity (Wildman–Crippen MR) is 109 cm³/mol. The number of rotatable bonds is 4. The molecule has 0 aliphatic heterocycles. The topological polar surface area (TPSA) is 72.2 Å². The Labute approximate surface area is 155 Å². The highest BCUT2D eigenvalue weighted by atomic mass is 16.2. The van der Waals surface area contributed by atoms with Gasteiger partial charge < -0.3 is 9.55 Å². The predicted octanol–water partition coefficient (Wildman–Crippen LogP) is 3.50.